The number of hydrogen-bond donors (Lipinski definition) is 0. The highest BCUT2D eigenvalue weighted by Crippen LogP contribution is 2.47. The Balaban J connectivity index is 1.30. The van der Waals surface area contributed by atoms with Crippen LogP contribution in [0.15, 0.2) is 42.6 Å². The number of carbonyl (C=O) groups is 1. The fourth-order valence-electron chi connectivity index (χ4n) is 5.26. The molecule has 0 aromatic carbocycles. The summed E-state index contributed by atoms with van der Waals surface area (Å²) in [5.41, 5.74) is -2.97. The molecule has 0 radical (unpaired) electrons. The maximum atomic E-state index is 13.8. The lowest BCUT2D eigenvalue weighted by Gasteiger charge is -2.42. The van der Waals surface area contributed by atoms with E-state index >= 15 is 0 Å². The molecule has 0 N–H and O–H groups in total. The molecule has 2 aromatic rings. The van der Waals surface area contributed by atoms with Crippen LogP contribution in [0.5, 0.6) is 0 Å². The van der Waals surface area contributed by atoms with Crippen LogP contribution in [0.4, 0.5) is 26.3 Å². The lowest BCUT2D eigenvalue weighted by Crippen LogP contribution is -2.52. The number of hydrogen-bond acceptors (Lipinski definition) is 4. The molecule has 2 saturated heterocycles. The second-order valence-corrected chi connectivity index (χ2v) is 9.32. The van der Waals surface area contributed by atoms with Crippen LogP contribution < -0.4 is 0 Å². The molecule has 1 aliphatic carbocycles. The zero-order valence-electron chi connectivity index (χ0n) is 18.0. The van der Waals surface area contributed by atoms with E-state index in [1.165, 1.54) is 23.5 Å². The van der Waals surface area contributed by atoms with Crippen molar-refractivity contribution < 1.29 is 31.1 Å². The van der Waals surface area contributed by atoms with Crippen molar-refractivity contribution in [1.29, 1.82) is 0 Å². The first-order valence-corrected chi connectivity index (χ1v) is 10.8. The van der Waals surface area contributed by atoms with Crippen molar-refractivity contribution in [2.24, 2.45) is 17.3 Å². The summed E-state index contributed by atoms with van der Waals surface area (Å²) in [4.78, 5) is 16.4. The Morgan fingerprint density at radius 2 is 1.71 bits per heavy atom. The Kier molecular flexibility index (Phi) is 5.08. The number of aromatic nitrogens is 3. The number of alkyl halides is 6. The van der Waals surface area contributed by atoms with Crippen molar-refractivity contribution in [2.45, 2.75) is 25.3 Å². The molecule has 3 aliphatic rings. The number of nitrogens with zero attached hydrogens (tertiary/aromatic N) is 5. The third-order valence-corrected chi connectivity index (χ3v) is 7.20. The number of halogens is 6. The second kappa shape index (κ2) is 7.56. The number of likely N-dealkylation sites (tertiary alicyclic amines) is 2. The molecule has 1 amide bonds. The molecule has 0 bridgehead atoms. The van der Waals surface area contributed by atoms with Crippen molar-refractivity contribution in [3.8, 4) is 0 Å². The topological polar surface area (TPSA) is 53.7 Å². The SMILES string of the molecule is CC1(C(F)(F)F)C=CC=CC1N1C[C@H]2CN(C(=O)c3nnc4cc(C(F)(F)F)ccn34)C[C@H]2C1. The average molecular weight is 485 g/mol. The molecule has 182 valence electrons. The van der Waals surface area contributed by atoms with Crippen LogP contribution in [-0.4, -0.2) is 68.7 Å². The first kappa shape index (κ1) is 22.9. The minimum atomic E-state index is -4.54. The van der Waals surface area contributed by atoms with Crippen molar-refractivity contribution >= 4 is 11.6 Å². The van der Waals surface area contributed by atoms with Crippen LogP contribution in [0, 0.1) is 17.3 Å². The molecule has 34 heavy (non-hydrogen) atoms. The maximum Gasteiger partial charge on any atom is 0.416 e. The van der Waals surface area contributed by atoms with E-state index in [0.29, 0.717) is 26.2 Å². The largest absolute Gasteiger partial charge is 0.416 e. The fraction of sp³-hybridized carbons (Fsp3) is 0.500. The van der Waals surface area contributed by atoms with Gasteiger partial charge in [-0.2, -0.15) is 26.3 Å². The van der Waals surface area contributed by atoms with Crippen molar-refractivity contribution in [3.63, 3.8) is 0 Å². The van der Waals surface area contributed by atoms with Gasteiger partial charge in [0, 0.05) is 38.4 Å². The summed E-state index contributed by atoms with van der Waals surface area (Å²) in [6.07, 6.45) is -2.01. The predicted octanol–water partition coefficient (Wildman–Crippen LogP) is 3.82. The maximum absolute atomic E-state index is 13.8. The van der Waals surface area contributed by atoms with Crippen LogP contribution in [-0.2, 0) is 6.18 Å². The van der Waals surface area contributed by atoms with E-state index in [9.17, 15) is 31.1 Å². The minimum Gasteiger partial charge on any atom is -0.335 e. The highest BCUT2D eigenvalue weighted by atomic mass is 19.4. The van der Waals surface area contributed by atoms with Crippen molar-refractivity contribution in [3.05, 3.63) is 54.0 Å². The van der Waals surface area contributed by atoms with Gasteiger partial charge in [0.1, 0.15) is 5.41 Å². The molecular weight excluding hydrogens is 464 g/mol. The molecule has 5 rings (SSSR count). The zero-order valence-corrected chi connectivity index (χ0v) is 18.0. The van der Waals surface area contributed by atoms with E-state index in [-0.39, 0.29) is 23.3 Å². The van der Waals surface area contributed by atoms with Gasteiger partial charge >= 0.3 is 12.4 Å². The Hall–Kier alpha value is -2.89. The summed E-state index contributed by atoms with van der Waals surface area (Å²) in [6.45, 7) is 2.70. The fourth-order valence-corrected chi connectivity index (χ4v) is 5.26. The van der Waals surface area contributed by atoms with E-state index < -0.39 is 35.3 Å². The number of carbonyl (C=O) groups excluding carboxylic acids is 1. The standard InChI is InChI=1S/C22H21F6N5O/c1-20(22(26,27)28)6-3-2-4-16(20)31-9-13-11-32(12-14(13)10-31)19(34)18-30-29-17-8-15(21(23,24)25)5-7-33(17)18/h2-8,13-14,16H,9-12H2,1H3/t13-,14+,16?,20?. The molecule has 2 fully saturated rings. The number of allylic oxidation sites excluding steroid dienone is 2. The van der Waals surface area contributed by atoms with E-state index in [0.717, 1.165) is 18.3 Å². The number of fused-ring (bicyclic) bond motifs is 2. The van der Waals surface area contributed by atoms with Gasteiger partial charge in [-0.1, -0.05) is 24.3 Å². The molecule has 4 atom stereocenters. The first-order chi connectivity index (χ1) is 15.9. The van der Waals surface area contributed by atoms with Crippen molar-refractivity contribution in [2.75, 3.05) is 26.2 Å². The molecule has 2 unspecified atom stereocenters. The van der Waals surface area contributed by atoms with Gasteiger partial charge in [-0.3, -0.25) is 14.1 Å². The summed E-state index contributed by atoms with van der Waals surface area (Å²) in [5, 5.41) is 7.50. The number of pyridine rings is 1. The third kappa shape index (κ3) is 3.58. The Morgan fingerprint density at radius 3 is 2.32 bits per heavy atom. The van der Waals surface area contributed by atoms with Crippen LogP contribution in [0.25, 0.3) is 5.65 Å². The molecular formula is C22H21F6N5O. The average Bonchev–Trinajstić information content (AvgIpc) is 3.44. The van der Waals surface area contributed by atoms with Crippen LogP contribution >= 0.6 is 0 Å². The molecule has 12 heteroatoms. The minimum absolute atomic E-state index is 0.00300. The smallest absolute Gasteiger partial charge is 0.335 e. The van der Waals surface area contributed by atoms with Crippen LogP contribution in [0.2, 0.25) is 0 Å². The van der Waals surface area contributed by atoms with Crippen LogP contribution in [0.1, 0.15) is 23.1 Å². The van der Waals surface area contributed by atoms with Crippen molar-refractivity contribution in [1.82, 2.24) is 24.4 Å². The van der Waals surface area contributed by atoms with Gasteiger partial charge in [-0.15, -0.1) is 10.2 Å². The summed E-state index contributed by atoms with van der Waals surface area (Å²) < 4.78 is 81.5. The Bertz CT molecular complexity index is 1170. The molecule has 4 heterocycles. The molecule has 0 spiro atoms. The highest BCUT2D eigenvalue weighted by molar-refractivity contribution is 5.91. The summed E-state index contributed by atoms with van der Waals surface area (Å²) >= 11 is 0. The molecule has 0 saturated carbocycles. The Morgan fingerprint density at radius 1 is 1.03 bits per heavy atom. The summed E-state index contributed by atoms with van der Waals surface area (Å²) in [6, 6.07) is 0.855. The van der Waals surface area contributed by atoms with Gasteiger partial charge in [0.15, 0.2) is 5.65 Å². The van der Waals surface area contributed by atoms with Crippen LogP contribution in [0.3, 0.4) is 0 Å². The van der Waals surface area contributed by atoms with Gasteiger partial charge in [-0.05, 0) is 30.9 Å². The van der Waals surface area contributed by atoms with Gasteiger partial charge in [0.05, 0.1) is 5.56 Å². The van der Waals surface area contributed by atoms with E-state index in [2.05, 4.69) is 10.2 Å². The molecule has 2 aromatic heterocycles. The predicted molar refractivity (Wildman–Crippen MR) is 109 cm³/mol. The monoisotopic (exact) mass is 485 g/mol. The van der Waals surface area contributed by atoms with Gasteiger partial charge in [-0.25, -0.2) is 0 Å². The number of amides is 1. The summed E-state index contributed by atoms with van der Waals surface area (Å²) in [7, 11) is 0. The van der Waals surface area contributed by atoms with Gasteiger partial charge < -0.3 is 4.90 Å². The second-order valence-electron chi connectivity index (χ2n) is 9.32. The zero-order chi connectivity index (χ0) is 24.5. The first-order valence-electron chi connectivity index (χ1n) is 10.8. The molecule has 6 nitrogen and oxygen atoms in total. The highest BCUT2D eigenvalue weighted by Gasteiger charge is 2.57. The summed E-state index contributed by atoms with van der Waals surface area (Å²) in [5.74, 6) is -0.562. The third-order valence-electron chi connectivity index (χ3n) is 7.20. The molecule has 2 aliphatic heterocycles. The normalized spacial score (nSPS) is 29.9. The number of rotatable bonds is 2. The van der Waals surface area contributed by atoms with E-state index in [1.807, 2.05) is 4.90 Å². The van der Waals surface area contributed by atoms with E-state index in [1.54, 1.807) is 17.1 Å². The van der Waals surface area contributed by atoms with Gasteiger partial charge in [0.25, 0.3) is 5.91 Å². The lowest BCUT2D eigenvalue weighted by molar-refractivity contribution is -0.214. The van der Waals surface area contributed by atoms with Gasteiger partial charge in [0.2, 0.25) is 5.82 Å². The van der Waals surface area contributed by atoms with E-state index in [4.69, 9.17) is 0 Å². The quantitative estimate of drug-likeness (QED) is 0.608. The lowest BCUT2D eigenvalue weighted by atomic mass is 9.77. The Labute approximate surface area is 190 Å².